The number of aliphatic hydroxyl groups is 1. The molecular formula is C26H31BrFN3O2. The maximum Gasteiger partial charge on any atom is 0.246 e. The second-order valence-corrected chi connectivity index (χ2v) is 9.86. The van der Waals surface area contributed by atoms with Crippen molar-refractivity contribution >= 4 is 27.9 Å². The lowest BCUT2D eigenvalue weighted by atomic mass is 9.85. The molecule has 3 heterocycles. The standard InChI is InChI=1S/C26H31BrFN3O2/c27-23-17-19(1-3-24(23)28)2-4-26(33)31-15-9-22(10-16-31)25(18-32)30-13-7-21(8-14-30)20-5-11-29-12-6-20/h1-6,11-12,17,21-22,25,32H,7-10,13-16,18H2. The van der Waals surface area contributed by atoms with Gasteiger partial charge in [0, 0.05) is 37.6 Å². The molecule has 0 saturated carbocycles. The molecule has 2 saturated heterocycles. The van der Waals surface area contributed by atoms with Crippen molar-refractivity contribution in [2.75, 3.05) is 32.8 Å². The zero-order chi connectivity index (χ0) is 23.2. The number of nitrogens with zero attached hydrogens (tertiary/aromatic N) is 3. The number of aromatic nitrogens is 1. The third kappa shape index (κ3) is 6.08. The Morgan fingerprint density at radius 2 is 1.82 bits per heavy atom. The van der Waals surface area contributed by atoms with E-state index in [0.29, 0.717) is 29.4 Å². The van der Waals surface area contributed by atoms with Gasteiger partial charge in [0.1, 0.15) is 5.82 Å². The fourth-order valence-corrected chi connectivity index (χ4v) is 5.55. The predicted octanol–water partition coefficient (Wildman–Crippen LogP) is 4.48. The van der Waals surface area contributed by atoms with Crippen LogP contribution in [0.4, 0.5) is 4.39 Å². The number of likely N-dealkylation sites (tertiary alicyclic amines) is 2. The molecule has 5 nitrogen and oxygen atoms in total. The van der Waals surface area contributed by atoms with E-state index in [-0.39, 0.29) is 24.4 Å². The van der Waals surface area contributed by atoms with Gasteiger partial charge < -0.3 is 10.0 Å². The third-order valence-corrected chi connectivity index (χ3v) is 7.73. The molecule has 1 aromatic carbocycles. The molecule has 4 rings (SSSR count). The van der Waals surface area contributed by atoms with Crippen LogP contribution in [0, 0.1) is 11.7 Å². The molecule has 1 aromatic heterocycles. The Bertz CT molecular complexity index is 955. The van der Waals surface area contributed by atoms with Crippen molar-refractivity contribution in [3.8, 4) is 0 Å². The quantitative estimate of drug-likeness (QED) is 0.576. The van der Waals surface area contributed by atoms with Crippen LogP contribution >= 0.6 is 15.9 Å². The number of halogens is 2. The number of hydrogen-bond donors (Lipinski definition) is 1. The van der Waals surface area contributed by atoms with E-state index in [4.69, 9.17) is 0 Å². The summed E-state index contributed by atoms with van der Waals surface area (Å²) in [6.07, 6.45) is 11.0. The minimum absolute atomic E-state index is 0.0207. The summed E-state index contributed by atoms with van der Waals surface area (Å²) in [5.74, 6) is 0.623. The first-order chi connectivity index (χ1) is 16.0. The Balaban J connectivity index is 1.27. The van der Waals surface area contributed by atoms with Crippen molar-refractivity contribution < 1.29 is 14.3 Å². The average Bonchev–Trinajstić information content (AvgIpc) is 2.86. The zero-order valence-electron chi connectivity index (χ0n) is 18.7. The van der Waals surface area contributed by atoms with E-state index >= 15 is 0 Å². The highest BCUT2D eigenvalue weighted by molar-refractivity contribution is 9.10. The van der Waals surface area contributed by atoms with Crippen LogP contribution in [0.15, 0.2) is 53.3 Å². The lowest BCUT2D eigenvalue weighted by Gasteiger charge is -2.43. The molecule has 1 atom stereocenters. The van der Waals surface area contributed by atoms with Gasteiger partial charge in [0.05, 0.1) is 11.1 Å². The van der Waals surface area contributed by atoms with Gasteiger partial charge in [0.25, 0.3) is 0 Å². The molecule has 1 amide bonds. The molecule has 1 unspecified atom stereocenters. The van der Waals surface area contributed by atoms with Crippen LogP contribution in [0.1, 0.15) is 42.7 Å². The highest BCUT2D eigenvalue weighted by Crippen LogP contribution is 2.32. The van der Waals surface area contributed by atoms with Gasteiger partial charge >= 0.3 is 0 Å². The third-order valence-electron chi connectivity index (χ3n) is 7.12. The lowest BCUT2D eigenvalue weighted by molar-refractivity contribution is -0.127. The van der Waals surface area contributed by atoms with Crippen LogP contribution in [0.5, 0.6) is 0 Å². The number of rotatable bonds is 6. The van der Waals surface area contributed by atoms with Crippen LogP contribution in [-0.4, -0.2) is 64.6 Å². The van der Waals surface area contributed by atoms with Gasteiger partial charge in [-0.1, -0.05) is 6.07 Å². The molecule has 0 aliphatic carbocycles. The van der Waals surface area contributed by atoms with Crippen molar-refractivity contribution in [3.05, 3.63) is 70.2 Å². The highest BCUT2D eigenvalue weighted by Gasteiger charge is 2.33. The lowest BCUT2D eigenvalue weighted by Crippen LogP contribution is -2.50. The maximum atomic E-state index is 13.4. The number of amides is 1. The summed E-state index contributed by atoms with van der Waals surface area (Å²) in [4.78, 5) is 21.1. The van der Waals surface area contributed by atoms with E-state index in [0.717, 1.165) is 44.3 Å². The number of benzene rings is 1. The Morgan fingerprint density at radius 3 is 2.45 bits per heavy atom. The molecule has 2 aromatic rings. The first-order valence-electron chi connectivity index (χ1n) is 11.7. The molecule has 7 heteroatoms. The summed E-state index contributed by atoms with van der Waals surface area (Å²) in [7, 11) is 0. The number of piperidine rings is 2. The van der Waals surface area contributed by atoms with E-state index in [1.54, 1.807) is 24.3 Å². The average molecular weight is 516 g/mol. The summed E-state index contributed by atoms with van der Waals surface area (Å²) in [6, 6.07) is 9.08. The van der Waals surface area contributed by atoms with Crippen LogP contribution in [0.25, 0.3) is 6.08 Å². The summed E-state index contributed by atoms with van der Waals surface area (Å²) in [5.41, 5.74) is 2.14. The Labute approximate surface area is 203 Å². The van der Waals surface area contributed by atoms with Gasteiger partial charge in [-0.2, -0.15) is 0 Å². The molecule has 2 aliphatic rings. The smallest absolute Gasteiger partial charge is 0.246 e. The fourth-order valence-electron chi connectivity index (χ4n) is 5.16. The first kappa shape index (κ1) is 24.0. The summed E-state index contributed by atoms with van der Waals surface area (Å²) >= 11 is 3.17. The van der Waals surface area contributed by atoms with Gasteiger partial charge in [-0.15, -0.1) is 0 Å². The topological polar surface area (TPSA) is 56.7 Å². The SMILES string of the molecule is O=C(C=Cc1ccc(F)c(Br)c1)N1CCC(C(CO)N2CCC(c3ccncc3)CC2)CC1. The Kier molecular flexibility index (Phi) is 8.28. The summed E-state index contributed by atoms with van der Waals surface area (Å²) in [5, 5.41) is 10.2. The number of hydrogen-bond acceptors (Lipinski definition) is 4. The fraction of sp³-hybridized carbons (Fsp3) is 0.462. The maximum absolute atomic E-state index is 13.4. The monoisotopic (exact) mass is 515 g/mol. The summed E-state index contributed by atoms with van der Waals surface area (Å²) in [6.45, 7) is 3.55. The molecule has 1 N–H and O–H groups in total. The molecule has 0 bridgehead atoms. The molecule has 2 fully saturated rings. The second kappa shape index (κ2) is 11.4. The van der Waals surface area contributed by atoms with Gasteiger partial charge in [-0.25, -0.2) is 4.39 Å². The molecule has 2 aliphatic heterocycles. The molecule has 176 valence electrons. The van der Waals surface area contributed by atoms with E-state index < -0.39 is 0 Å². The van der Waals surface area contributed by atoms with Crippen LogP contribution in [-0.2, 0) is 4.79 Å². The molecule has 0 radical (unpaired) electrons. The zero-order valence-corrected chi connectivity index (χ0v) is 20.3. The Morgan fingerprint density at radius 1 is 1.12 bits per heavy atom. The van der Waals surface area contributed by atoms with E-state index in [9.17, 15) is 14.3 Å². The second-order valence-electron chi connectivity index (χ2n) is 9.01. The van der Waals surface area contributed by atoms with Crippen molar-refractivity contribution in [2.45, 2.75) is 37.6 Å². The van der Waals surface area contributed by atoms with Crippen molar-refractivity contribution in [3.63, 3.8) is 0 Å². The van der Waals surface area contributed by atoms with Crippen LogP contribution < -0.4 is 0 Å². The molecule has 33 heavy (non-hydrogen) atoms. The van der Waals surface area contributed by atoms with E-state index in [1.807, 2.05) is 17.3 Å². The van der Waals surface area contributed by atoms with Crippen molar-refractivity contribution in [1.82, 2.24) is 14.8 Å². The normalized spacial score (nSPS) is 19.8. The molecule has 0 spiro atoms. The van der Waals surface area contributed by atoms with Crippen LogP contribution in [0.3, 0.4) is 0 Å². The van der Waals surface area contributed by atoms with E-state index in [1.165, 1.54) is 11.6 Å². The van der Waals surface area contributed by atoms with Gasteiger partial charge in [0.15, 0.2) is 0 Å². The minimum atomic E-state index is -0.319. The molecular weight excluding hydrogens is 485 g/mol. The number of aliphatic hydroxyl groups excluding tert-OH is 1. The van der Waals surface area contributed by atoms with Crippen molar-refractivity contribution in [1.29, 1.82) is 0 Å². The van der Waals surface area contributed by atoms with Gasteiger partial charge in [-0.05, 0) is 108 Å². The highest BCUT2D eigenvalue weighted by atomic mass is 79.9. The van der Waals surface area contributed by atoms with E-state index in [2.05, 4.69) is 37.9 Å². The van der Waals surface area contributed by atoms with Crippen molar-refractivity contribution in [2.24, 2.45) is 5.92 Å². The summed E-state index contributed by atoms with van der Waals surface area (Å²) < 4.78 is 13.8. The number of pyridine rings is 1. The van der Waals surface area contributed by atoms with Gasteiger partial charge in [0.2, 0.25) is 5.91 Å². The minimum Gasteiger partial charge on any atom is -0.395 e. The van der Waals surface area contributed by atoms with Crippen LogP contribution in [0.2, 0.25) is 0 Å². The number of carbonyl (C=O) groups excluding carboxylic acids is 1. The first-order valence-corrected chi connectivity index (χ1v) is 12.5. The predicted molar refractivity (Wildman–Crippen MR) is 131 cm³/mol. The Hall–Kier alpha value is -2.09. The van der Waals surface area contributed by atoms with Gasteiger partial charge in [-0.3, -0.25) is 14.7 Å². The largest absolute Gasteiger partial charge is 0.395 e. The number of carbonyl (C=O) groups is 1.